The van der Waals surface area contributed by atoms with E-state index in [1.165, 1.54) is 0 Å². The zero-order valence-corrected chi connectivity index (χ0v) is 11.7. The highest BCUT2D eigenvalue weighted by Gasteiger charge is 2.07. The first-order valence-corrected chi connectivity index (χ1v) is 6.52. The van der Waals surface area contributed by atoms with Gasteiger partial charge in [-0.05, 0) is 30.2 Å². The van der Waals surface area contributed by atoms with Gasteiger partial charge in [0.25, 0.3) is 5.91 Å². The molecule has 0 radical (unpaired) electrons. The number of hydrogen-bond acceptors (Lipinski definition) is 3. The number of oxime groups is 1. The third-order valence-corrected chi connectivity index (χ3v) is 3.25. The van der Waals surface area contributed by atoms with E-state index in [4.69, 9.17) is 10.9 Å². The third kappa shape index (κ3) is 3.60. The van der Waals surface area contributed by atoms with Crippen LogP contribution >= 0.6 is 0 Å². The van der Waals surface area contributed by atoms with Crippen LogP contribution in [0.25, 0.3) is 0 Å². The van der Waals surface area contributed by atoms with Crippen LogP contribution in [0.1, 0.15) is 27.0 Å². The lowest BCUT2D eigenvalue weighted by Gasteiger charge is -2.08. The molecule has 0 heterocycles. The van der Waals surface area contributed by atoms with Crippen LogP contribution in [-0.2, 0) is 6.54 Å². The molecule has 1 amide bonds. The van der Waals surface area contributed by atoms with E-state index in [1.807, 2.05) is 31.2 Å². The largest absolute Gasteiger partial charge is 0.409 e. The maximum absolute atomic E-state index is 12.1. The number of rotatable bonds is 4. The molecule has 2 aromatic rings. The minimum atomic E-state index is -0.163. The quantitative estimate of drug-likeness (QED) is 0.347. The van der Waals surface area contributed by atoms with Gasteiger partial charge in [0.1, 0.15) is 0 Å². The van der Waals surface area contributed by atoms with Crippen molar-refractivity contribution in [2.75, 3.05) is 0 Å². The van der Waals surface area contributed by atoms with Crippen LogP contribution in [0.15, 0.2) is 53.7 Å². The van der Waals surface area contributed by atoms with E-state index in [1.54, 1.807) is 24.3 Å². The first-order valence-electron chi connectivity index (χ1n) is 6.52. The van der Waals surface area contributed by atoms with Gasteiger partial charge < -0.3 is 16.3 Å². The monoisotopic (exact) mass is 283 g/mol. The maximum atomic E-state index is 12.1. The molecule has 108 valence electrons. The summed E-state index contributed by atoms with van der Waals surface area (Å²) in [6.45, 7) is 2.49. The van der Waals surface area contributed by atoms with Gasteiger partial charge in [0.2, 0.25) is 0 Å². The summed E-state index contributed by atoms with van der Waals surface area (Å²) < 4.78 is 0. The maximum Gasteiger partial charge on any atom is 0.251 e. The van der Waals surface area contributed by atoms with Crippen LogP contribution in [0.5, 0.6) is 0 Å². The average molecular weight is 283 g/mol. The fourth-order valence-corrected chi connectivity index (χ4v) is 1.94. The Morgan fingerprint density at radius 3 is 2.38 bits per heavy atom. The molecule has 0 unspecified atom stereocenters. The Balaban J connectivity index is 2.02. The van der Waals surface area contributed by atoms with Crippen LogP contribution in [0.3, 0.4) is 0 Å². The Morgan fingerprint density at radius 1 is 1.14 bits per heavy atom. The summed E-state index contributed by atoms with van der Waals surface area (Å²) in [5, 5.41) is 14.4. The summed E-state index contributed by atoms with van der Waals surface area (Å²) in [6.07, 6.45) is 0. The zero-order valence-electron chi connectivity index (χ0n) is 11.7. The van der Waals surface area contributed by atoms with Gasteiger partial charge in [-0.1, -0.05) is 41.6 Å². The average Bonchev–Trinajstić information content (AvgIpc) is 2.53. The van der Waals surface area contributed by atoms with Crippen molar-refractivity contribution < 1.29 is 10.0 Å². The van der Waals surface area contributed by atoms with Gasteiger partial charge >= 0.3 is 0 Å². The molecule has 0 atom stereocenters. The van der Waals surface area contributed by atoms with Gasteiger partial charge in [0.05, 0.1) is 0 Å². The van der Waals surface area contributed by atoms with Gasteiger partial charge in [0, 0.05) is 17.7 Å². The molecule has 0 spiro atoms. The van der Waals surface area contributed by atoms with E-state index >= 15 is 0 Å². The molecular formula is C16H17N3O2. The highest BCUT2D eigenvalue weighted by molar-refractivity contribution is 5.99. The summed E-state index contributed by atoms with van der Waals surface area (Å²) in [4.78, 5) is 12.1. The number of aryl methyl sites for hydroxylation is 1. The molecule has 4 N–H and O–H groups in total. The van der Waals surface area contributed by atoms with Crippen LogP contribution in [0.2, 0.25) is 0 Å². The number of amidine groups is 1. The predicted molar refractivity (Wildman–Crippen MR) is 81.3 cm³/mol. The van der Waals surface area contributed by atoms with Crippen LogP contribution in [-0.4, -0.2) is 17.0 Å². The van der Waals surface area contributed by atoms with E-state index in [9.17, 15) is 4.79 Å². The Labute approximate surface area is 123 Å². The van der Waals surface area contributed by atoms with Crippen molar-refractivity contribution in [2.24, 2.45) is 10.9 Å². The predicted octanol–water partition coefficient (Wildman–Crippen LogP) is 2.02. The van der Waals surface area contributed by atoms with Gasteiger partial charge in [-0.2, -0.15) is 0 Å². The standard InChI is InChI=1S/C16H17N3O2/c1-11-4-2-3-5-14(11)10-18-16(20)13-8-6-12(7-9-13)15(17)19-21/h2-9,21H,10H2,1H3,(H2,17,19)(H,18,20). The van der Waals surface area contributed by atoms with Gasteiger partial charge in [-0.25, -0.2) is 0 Å². The smallest absolute Gasteiger partial charge is 0.251 e. The molecule has 0 saturated heterocycles. The van der Waals surface area contributed by atoms with Crippen LogP contribution in [0.4, 0.5) is 0 Å². The molecule has 0 aromatic heterocycles. The van der Waals surface area contributed by atoms with Crippen molar-refractivity contribution in [3.8, 4) is 0 Å². The number of hydrogen-bond donors (Lipinski definition) is 3. The summed E-state index contributed by atoms with van der Waals surface area (Å²) in [5.41, 5.74) is 8.78. The Bertz CT molecular complexity index is 663. The van der Waals surface area contributed by atoms with Crippen molar-refractivity contribution in [2.45, 2.75) is 13.5 Å². The summed E-state index contributed by atoms with van der Waals surface area (Å²) in [7, 11) is 0. The first kappa shape index (κ1) is 14.6. The van der Waals surface area contributed by atoms with Crippen molar-refractivity contribution in [3.63, 3.8) is 0 Å². The topological polar surface area (TPSA) is 87.7 Å². The normalized spacial score (nSPS) is 11.2. The van der Waals surface area contributed by atoms with E-state index < -0.39 is 0 Å². The summed E-state index contributed by atoms with van der Waals surface area (Å²) in [5.74, 6) is -0.147. The fourth-order valence-electron chi connectivity index (χ4n) is 1.94. The number of carbonyl (C=O) groups excluding carboxylic acids is 1. The molecular weight excluding hydrogens is 266 g/mol. The van der Waals surface area contributed by atoms with Crippen molar-refractivity contribution >= 4 is 11.7 Å². The summed E-state index contributed by atoms with van der Waals surface area (Å²) >= 11 is 0. The van der Waals surface area contributed by atoms with Crippen molar-refractivity contribution in [1.82, 2.24) is 5.32 Å². The molecule has 0 fully saturated rings. The molecule has 0 saturated carbocycles. The highest BCUT2D eigenvalue weighted by Crippen LogP contribution is 2.08. The zero-order chi connectivity index (χ0) is 15.2. The second-order valence-electron chi connectivity index (χ2n) is 4.67. The van der Waals surface area contributed by atoms with E-state index in [0.29, 0.717) is 17.7 Å². The van der Waals surface area contributed by atoms with Crippen LogP contribution in [0, 0.1) is 6.92 Å². The number of nitrogens with two attached hydrogens (primary N) is 1. The van der Waals surface area contributed by atoms with Gasteiger partial charge in [0.15, 0.2) is 5.84 Å². The molecule has 0 aliphatic heterocycles. The van der Waals surface area contributed by atoms with Gasteiger partial charge in [-0.3, -0.25) is 4.79 Å². The Morgan fingerprint density at radius 2 is 1.76 bits per heavy atom. The first-order chi connectivity index (χ1) is 10.1. The second kappa shape index (κ2) is 6.56. The SMILES string of the molecule is Cc1ccccc1CNC(=O)c1ccc(C(N)=NO)cc1. The number of carbonyl (C=O) groups is 1. The molecule has 0 aliphatic rings. The molecule has 0 bridgehead atoms. The molecule has 2 rings (SSSR count). The number of nitrogens with one attached hydrogen (secondary N) is 1. The van der Waals surface area contributed by atoms with E-state index in [0.717, 1.165) is 11.1 Å². The highest BCUT2D eigenvalue weighted by atomic mass is 16.4. The molecule has 21 heavy (non-hydrogen) atoms. The number of amides is 1. The van der Waals surface area contributed by atoms with E-state index in [2.05, 4.69) is 10.5 Å². The lowest BCUT2D eigenvalue weighted by molar-refractivity contribution is 0.0951. The fraction of sp³-hybridized carbons (Fsp3) is 0.125. The number of nitrogens with zero attached hydrogens (tertiary/aromatic N) is 1. The second-order valence-corrected chi connectivity index (χ2v) is 4.67. The van der Waals surface area contributed by atoms with Crippen molar-refractivity contribution in [1.29, 1.82) is 0 Å². The molecule has 2 aromatic carbocycles. The number of benzene rings is 2. The third-order valence-electron chi connectivity index (χ3n) is 3.25. The lowest BCUT2D eigenvalue weighted by atomic mass is 10.1. The lowest BCUT2D eigenvalue weighted by Crippen LogP contribution is -2.23. The molecule has 5 heteroatoms. The van der Waals surface area contributed by atoms with Crippen LogP contribution < -0.4 is 11.1 Å². The summed E-state index contributed by atoms with van der Waals surface area (Å²) in [6, 6.07) is 14.5. The molecule has 5 nitrogen and oxygen atoms in total. The Hall–Kier alpha value is -2.82. The Kier molecular flexibility index (Phi) is 4.56. The minimum absolute atomic E-state index is 0.0156. The molecule has 0 aliphatic carbocycles. The van der Waals surface area contributed by atoms with Crippen molar-refractivity contribution in [3.05, 3.63) is 70.8 Å². The van der Waals surface area contributed by atoms with E-state index in [-0.39, 0.29) is 11.7 Å². The minimum Gasteiger partial charge on any atom is -0.409 e. The van der Waals surface area contributed by atoms with Gasteiger partial charge in [-0.15, -0.1) is 0 Å².